The van der Waals surface area contributed by atoms with E-state index in [-0.39, 0.29) is 12.1 Å². The molecule has 2 aliphatic carbocycles. The lowest BCUT2D eigenvalue weighted by Crippen LogP contribution is -2.47. The first-order chi connectivity index (χ1) is 14.0. The molecule has 0 heterocycles. The van der Waals surface area contributed by atoms with E-state index in [1.807, 2.05) is 17.9 Å². The first kappa shape index (κ1) is 20.0. The van der Waals surface area contributed by atoms with Crippen molar-refractivity contribution >= 4 is 6.09 Å². The summed E-state index contributed by atoms with van der Waals surface area (Å²) in [4.78, 5) is 15.3. The van der Waals surface area contributed by atoms with Gasteiger partial charge in [-0.25, -0.2) is 4.79 Å². The van der Waals surface area contributed by atoms with Crippen LogP contribution in [0.15, 0.2) is 48.5 Å². The SMILES string of the molecule is CCN(C(=O)Oc1cc(C(C)C)ccc1C)C1C2CCC(C2)C1c1ccccc1. The van der Waals surface area contributed by atoms with Crippen molar-refractivity contribution in [3.8, 4) is 5.75 Å². The summed E-state index contributed by atoms with van der Waals surface area (Å²) in [7, 11) is 0. The van der Waals surface area contributed by atoms with Crippen molar-refractivity contribution in [1.82, 2.24) is 4.90 Å². The molecule has 2 fully saturated rings. The number of nitrogens with zero attached hydrogens (tertiary/aromatic N) is 1. The second-order valence-electron chi connectivity index (χ2n) is 9.09. The van der Waals surface area contributed by atoms with Crippen molar-refractivity contribution in [2.24, 2.45) is 11.8 Å². The number of ether oxygens (including phenoxy) is 1. The predicted molar refractivity (Wildman–Crippen MR) is 117 cm³/mol. The Morgan fingerprint density at radius 2 is 1.83 bits per heavy atom. The zero-order valence-electron chi connectivity index (χ0n) is 18.1. The number of amides is 1. The van der Waals surface area contributed by atoms with Crippen LogP contribution in [0.1, 0.15) is 68.6 Å². The molecule has 4 unspecified atom stereocenters. The van der Waals surface area contributed by atoms with Crippen molar-refractivity contribution in [2.75, 3.05) is 6.54 Å². The van der Waals surface area contributed by atoms with Gasteiger partial charge in [-0.15, -0.1) is 0 Å². The highest BCUT2D eigenvalue weighted by Crippen LogP contribution is 2.55. The molecule has 2 bridgehead atoms. The summed E-state index contributed by atoms with van der Waals surface area (Å²) in [6.07, 6.45) is 3.54. The number of carbonyl (C=O) groups excluding carboxylic acids is 1. The van der Waals surface area contributed by atoms with Crippen LogP contribution in [-0.2, 0) is 0 Å². The topological polar surface area (TPSA) is 29.5 Å². The zero-order valence-corrected chi connectivity index (χ0v) is 18.1. The van der Waals surface area contributed by atoms with Crippen LogP contribution >= 0.6 is 0 Å². The van der Waals surface area contributed by atoms with Gasteiger partial charge in [0.25, 0.3) is 0 Å². The highest BCUT2D eigenvalue weighted by atomic mass is 16.6. The Morgan fingerprint density at radius 1 is 1.10 bits per heavy atom. The van der Waals surface area contributed by atoms with E-state index in [2.05, 4.69) is 63.2 Å². The van der Waals surface area contributed by atoms with E-state index in [0.717, 1.165) is 5.56 Å². The Hall–Kier alpha value is -2.29. The molecule has 0 radical (unpaired) electrons. The molecule has 1 amide bonds. The molecule has 4 atom stereocenters. The Balaban J connectivity index is 1.59. The van der Waals surface area contributed by atoms with Crippen molar-refractivity contribution in [1.29, 1.82) is 0 Å². The van der Waals surface area contributed by atoms with E-state index in [0.29, 0.717) is 36.0 Å². The number of carbonyl (C=O) groups is 1. The number of hydrogen-bond acceptors (Lipinski definition) is 2. The molecular weight excluding hydrogens is 358 g/mol. The molecule has 3 heteroatoms. The van der Waals surface area contributed by atoms with Gasteiger partial charge in [0.2, 0.25) is 0 Å². The van der Waals surface area contributed by atoms with Crippen LogP contribution in [0.25, 0.3) is 0 Å². The molecule has 2 aliphatic rings. The van der Waals surface area contributed by atoms with Crippen LogP contribution in [0, 0.1) is 18.8 Å². The van der Waals surface area contributed by atoms with E-state index < -0.39 is 0 Å². The van der Waals surface area contributed by atoms with Gasteiger partial charge in [0, 0.05) is 18.5 Å². The van der Waals surface area contributed by atoms with Gasteiger partial charge in [0.1, 0.15) is 5.75 Å². The average Bonchev–Trinajstić information content (AvgIpc) is 3.33. The number of likely N-dealkylation sites (N-methyl/N-ethyl adjacent to an activating group) is 1. The maximum absolute atomic E-state index is 13.3. The fourth-order valence-corrected chi connectivity index (χ4v) is 5.55. The molecular formula is C26H33NO2. The zero-order chi connectivity index (χ0) is 20.5. The maximum Gasteiger partial charge on any atom is 0.415 e. The van der Waals surface area contributed by atoms with Gasteiger partial charge in [0.05, 0.1) is 0 Å². The predicted octanol–water partition coefficient (Wildman–Crippen LogP) is 6.52. The molecule has 2 aromatic rings. The smallest absolute Gasteiger partial charge is 0.410 e. The van der Waals surface area contributed by atoms with Gasteiger partial charge in [-0.1, -0.05) is 56.3 Å². The third-order valence-electron chi connectivity index (χ3n) is 7.07. The monoisotopic (exact) mass is 391 g/mol. The molecule has 2 saturated carbocycles. The number of fused-ring (bicyclic) bond motifs is 2. The van der Waals surface area contributed by atoms with Gasteiger partial charge in [-0.3, -0.25) is 0 Å². The second kappa shape index (κ2) is 8.22. The fourth-order valence-electron chi connectivity index (χ4n) is 5.55. The number of rotatable bonds is 5. The fraction of sp³-hybridized carbons (Fsp3) is 0.500. The van der Waals surface area contributed by atoms with E-state index in [1.165, 1.54) is 30.4 Å². The summed E-state index contributed by atoms with van der Waals surface area (Å²) in [6.45, 7) is 9.08. The molecule has 3 nitrogen and oxygen atoms in total. The summed E-state index contributed by atoms with van der Waals surface area (Å²) >= 11 is 0. The summed E-state index contributed by atoms with van der Waals surface area (Å²) in [5.74, 6) is 2.79. The third kappa shape index (κ3) is 3.80. The molecule has 2 aromatic carbocycles. The summed E-state index contributed by atoms with van der Waals surface area (Å²) in [5.41, 5.74) is 3.57. The lowest BCUT2D eigenvalue weighted by atomic mass is 9.79. The minimum atomic E-state index is -0.199. The van der Waals surface area contributed by atoms with Crippen molar-refractivity contribution in [2.45, 2.75) is 64.8 Å². The van der Waals surface area contributed by atoms with E-state index in [9.17, 15) is 4.79 Å². The Kier molecular flexibility index (Phi) is 5.67. The normalized spacial score (nSPS) is 25.4. The Labute approximate surface area is 175 Å². The standard InChI is InChI=1S/C26H33NO2/c1-5-27(26(28)29-23-16-20(17(2)3)12-11-18(23)4)25-22-14-13-21(15-22)24(25)19-9-7-6-8-10-19/h6-12,16-17,21-22,24-25H,5,13-15H2,1-4H3. The molecule has 0 aliphatic heterocycles. The quantitative estimate of drug-likeness (QED) is 0.580. The summed E-state index contributed by atoms with van der Waals surface area (Å²) in [6, 6.07) is 17.2. The van der Waals surface area contributed by atoms with Crippen molar-refractivity contribution in [3.05, 3.63) is 65.2 Å². The van der Waals surface area contributed by atoms with Gasteiger partial charge < -0.3 is 9.64 Å². The minimum Gasteiger partial charge on any atom is -0.410 e. The van der Waals surface area contributed by atoms with Gasteiger partial charge in [0.15, 0.2) is 0 Å². The molecule has 4 rings (SSSR count). The Morgan fingerprint density at radius 3 is 2.52 bits per heavy atom. The summed E-state index contributed by atoms with van der Waals surface area (Å²) < 4.78 is 5.98. The average molecular weight is 392 g/mol. The Bertz CT molecular complexity index is 860. The molecule has 154 valence electrons. The van der Waals surface area contributed by atoms with Gasteiger partial charge in [-0.2, -0.15) is 0 Å². The van der Waals surface area contributed by atoms with Crippen LogP contribution in [0.5, 0.6) is 5.75 Å². The number of aryl methyl sites for hydroxylation is 1. The minimum absolute atomic E-state index is 0.199. The molecule has 29 heavy (non-hydrogen) atoms. The molecule has 0 saturated heterocycles. The first-order valence-electron chi connectivity index (χ1n) is 11.1. The van der Waals surface area contributed by atoms with Crippen molar-refractivity contribution < 1.29 is 9.53 Å². The van der Waals surface area contributed by atoms with E-state index in [1.54, 1.807) is 0 Å². The van der Waals surface area contributed by atoms with Crippen LogP contribution < -0.4 is 4.74 Å². The van der Waals surface area contributed by atoms with Gasteiger partial charge in [-0.05, 0) is 73.6 Å². The van der Waals surface area contributed by atoms with Crippen molar-refractivity contribution in [3.63, 3.8) is 0 Å². The highest BCUT2D eigenvalue weighted by Gasteiger charge is 2.51. The maximum atomic E-state index is 13.3. The lowest BCUT2D eigenvalue weighted by Gasteiger charge is -2.39. The molecule has 0 spiro atoms. The first-order valence-corrected chi connectivity index (χ1v) is 11.1. The number of hydrogen-bond donors (Lipinski definition) is 0. The highest BCUT2D eigenvalue weighted by molar-refractivity contribution is 5.72. The van der Waals surface area contributed by atoms with E-state index >= 15 is 0 Å². The van der Waals surface area contributed by atoms with Crippen LogP contribution in [0.3, 0.4) is 0 Å². The van der Waals surface area contributed by atoms with Gasteiger partial charge >= 0.3 is 6.09 Å². The summed E-state index contributed by atoms with van der Waals surface area (Å²) in [5, 5.41) is 0. The lowest BCUT2D eigenvalue weighted by molar-refractivity contribution is 0.105. The third-order valence-corrected chi connectivity index (χ3v) is 7.07. The largest absolute Gasteiger partial charge is 0.415 e. The molecule has 0 N–H and O–H groups in total. The van der Waals surface area contributed by atoms with E-state index in [4.69, 9.17) is 4.74 Å². The van der Waals surface area contributed by atoms with Crippen LogP contribution in [-0.4, -0.2) is 23.6 Å². The second-order valence-corrected chi connectivity index (χ2v) is 9.09. The number of benzene rings is 2. The molecule has 0 aromatic heterocycles. The van der Waals surface area contributed by atoms with Crippen LogP contribution in [0.2, 0.25) is 0 Å². The van der Waals surface area contributed by atoms with Crippen LogP contribution in [0.4, 0.5) is 4.79 Å².